The molecule has 0 atom stereocenters. The highest BCUT2D eigenvalue weighted by Crippen LogP contribution is 2.34. The summed E-state index contributed by atoms with van der Waals surface area (Å²) < 4.78 is 0. The van der Waals surface area contributed by atoms with Crippen molar-refractivity contribution in [3.63, 3.8) is 0 Å². The summed E-state index contributed by atoms with van der Waals surface area (Å²) in [6, 6.07) is 13.7. The van der Waals surface area contributed by atoms with Gasteiger partial charge in [-0.2, -0.15) is 0 Å². The van der Waals surface area contributed by atoms with Gasteiger partial charge in [0.25, 0.3) is 0 Å². The standard InChI is InChI=1S/C35H55N/c1-3-5-7-9-11-13-15-30-17-19-32(20-18-30)21-22-33-25-28-35(36-29-33)34-26-23-31(24-27-34)16-14-12-10-8-6-4-2/h23-30,32H,3-22H2,1-2H3/t30-,32-. The van der Waals surface area contributed by atoms with E-state index in [4.69, 9.17) is 4.98 Å². The third-order valence-corrected chi connectivity index (χ3v) is 8.67. The lowest BCUT2D eigenvalue weighted by atomic mass is 9.78. The number of hydrogen-bond acceptors (Lipinski definition) is 1. The Morgan fingerprint density at radius 3 is 1.72 bits per heavy atom. The molecule has 1 nitrogen and oxygen atoms in total. The largest absolute Gasteiger partial charge is 0.256 e. The molecule has 1 fully saturated rings. The molecule has 200 valence electrons. The number of benzene rings is 1. The third kappa shape index (κ3) is 11.2. The van der Waals surface area contributed by atoms with Crippen LogP contribution in [0, 0.1) is 11.8 Å². The van der Waals surface area contributed by atoms with Crippen molar-refractivity contribution in [3.05, 3.63) is 53.7 Å². The summed E-state index contributed by atoms with van der Waals surface area (Å²) in [7, 11) is 0. The average Bonchev–Trinajstić information content (AvgIpc) is 2.93. The lowest BCUT2D eigenvalue weighted by Gasteiger charge is -2.28. The smallest absolute Gasteiger partial charge is 0.0702 e. The zero-order valence-electron chi connectivity index (χ0n) is 23.8. The van der Waals surface area contributed by atoms with Crippen LogP contribution < -0.4 is 0 Å². The minimum absolute atomic E-state index is 0.935. The van der Waals surface area contributed by atoms with Crippen LogP contribution in [0.1, 0.15) is 141 Å². The molecule has 0 spiro atoms. The van der Waals surface area contributed by atoms with Crippen LogP contribution in [0.4, 0.5) is 0 Å². The van der Waals surface area contributed by atoms with Gasteiger partial charge in [0.1, 0.15) is 0 Å². The molecule has 1 aliphatic rings. The highest BCUT2D eigenvalue weighted by Gasteiger charge is 2.20. The Bertz CT molecular complexity index is 782. The Kier molecular flexibility index (Phi) is 14.3. The molecule has 0 bridgehead atoms. The van der Waals surface area contributed by atoms with Crippen molar-refractivity contribution in [2.75, 3.05) is 0 Å². The van der Waals surface area contributed by atoms with E-state index in [9.17, 15) is 0 Å². The molecule has 36 heavy (non-hydrogen) atoms. The monoisotopic (exact) mass is 489 g/mol. The van der Waals surface area contributed by atoms with Gasteiger partial charge in [0.05, 0.1) is 5.69 Å². The Morgan fingerprint density at radius 1 is 0.556 bits per heavy atom. The molecule has 1 saturated carbocycles. The van der Waals surface area contributed by atoms with Crippen LogP contribution in [0.2, 0.25) is 0 Å². The molecule has 0 amide bonds. The first kappa shape index (κ1) is 28.9. The maximum absolute atomic E-state index is 4.82. The SMILES string of the molecule is CCCCCCCCc1ccc(-c2ccc(CC[C@H]3CC[C@H](CCCCCCCC)CC3)cn2)cc1. The van der Waals surface area contributed by atoms with Crippen molar-refractivity contribution in [1.82, 2.24) is 4.98 Å². The molecule has 1 aliphatic carbocycles. The van der Waals surface area contributed by atoms with Gasteiger partial charge in [-0.25, -0.2) is 0 Å². The van der Waals surface area contributed by atoms with E-state index in [0.717, 1.165) is 17.5 Å². The van der Waals surface area contributed by atoms with E-state index in [1.165, 1.54) is 145 Å². The molecule has 0 N–H and O–H groups in total. The molecule has 0 unspecified atom stereocenters. The minimum Gasteiger partial charge on any atom is -0.256 e. The topological polar surface area (TPSA) is 12.9 Å². The van der Waals surface area contributed by atoms with Crippen molar-refractivity contribution >= 4 is 0 Å². The molecule has 1 aromatic heterocycles. The van der Waals surface area contributed by atoms with E-state index in [1.54, 1.807) is 0 Å². The predicted molar refractivity (Wildman–Crippen MR) is 159 cm³/mol. The van der Waals surface area contributed by atoms with Crippen LogP contribution in [0.15, 0.2) is 42.6 Å². The zero-order valence-corrected chi connectivity index (χ0v) is 23.8. The fourth-order valence-corrected chi connectivity index (χ4v) is 6.09. The molecule has 0 saturated heterocycles. The van der Waals surface area contributed by atoms with Crippen LogP contribution in [0.3, 0.4) is 0 Å². The van der Waals surface area contributed by atoms with Crippen molar-refractivity contribution < 1.29 is 0 Å². The second-order valence-electron chi connectivity index (χ2n) is 11.7. The number of hydrogen-bond donors (Lipinski definition) is 0. The van der Waals surface area contributed by atoms with Crippen molar-refractivity contribution in [2.24, 2.45) is 11.8 Å². The summed E-state index contributed by atoms with van der Waals surface area (Å²) in [5, 5.41) is 0. The van der Waals surface area contributed by atoms with E-state index in [2.05, 4.69) is 56.4 Å². The van der Waals surface area contributed by atoms with Gasteiger partial charge in [-0.15, -0.1) is 0 Å². The lowest BCUT2D eigenvalue weighted by molar-refractivity contribution is 0.248. The average molecular weight is 490 g/mol. The van der Waals surface area contributed by atoms with Crippen LogP contribution in [-0.4, -0.2) is 4.98 Å². The van der Waals surface area contributed by atoms with Gasteiger partial charge in [-0.05, 0) is 54.7 Å². The molecular weight excluding hydrogens is 434 g/mol. The molecule has 0 radical (unpaired) electrons. The van der Waals surface area contributed by atoms with Crippen LogP contribution >= 0.6 is 0 Å². The first-order valence-corrected chi connectivity index (χ1v) is 15.8. The fourth-order valence-electron chi connectivity index (χ4n) is 6.09. The highest BCUT2D eigenvalue weighted by molar-refractivity contribution is 5.59. The summed E-state index contributed by atoms with van der Waals surface area (Å²) in [6.45, 7) is 4.59. The van der Waals surface area contributed by atoms with Gasteiger partial charge < -0.3 is 0 Å². The second-order valence-corrected chi connectivity index (χ2v) is 11.7. The summed E-state index contributed by atoms with van der Waals surface area (Å²) in [4.78, 5) is 4.82. The Labute approximate surface area is 223 Å². The van der Waals surface area contributed by atoms with E-state index in [0.29, 0.717) is 0 Å². The minimum atomic E-state index is 0.935. The molecule has 0 aliphatic heterocycles. The summed E-state index contributed by atoms with van der Waals surface area (Å²) in [5.74, 6) is 1.95. The Balaban J connectivity index is 1.30. The maximum atomic E-state index is 4.82. The lowest BCUT2D eigenvalue weighted by Crippen LogP contribution is -2.15. The number of pyridine rings is 1. The van der Waals surface area contributed by atoms with Gasteiger partial charge >= 0.3 is 0 Å². The number of nitrogens with zero attached hydrogens (tertiary/aromatic N) is 1. The van der Waals surface area contributed by atoms with Crippen LogP contribution in [0.25, 0.3) is 11.3 Å². The first-order valence-electron chi connectivity index (χ1n) is 15.8. The first-order chi connectivity index (χ1) is 17.8. The van der Waals surface area contributed by atoms with Crippen molar-refractivity contribution in [1.29, 1.82) is 0 Å². The normalized spacial score (nSPS) is 17.9. The Morgan fingerprint density at radius 2 is 1.11 bits per heavy atom. The summed E-state index contributed by atoms with van der Waals surface area (Å²) in [5.41, 5.74) is 5.23. The number of aromatic nitrogens is 1. The summed E-state index contributed by atoms with van der Waals surface area (Å²) in [6.07, 6.45) is 30.1. The van der Waals surface area contributed by atoms with Gasteiger partial charge in [0.2, 0.25) is 0 Å². The van der Waals surface area contributed by atoms with Gasteiger partial charge in [0, 0.05) is 11.8 Å². The predicted octanol–water partition coefficient (Wildman–Crippen LogP) is 11.1. The summed E-state index contributed by atoms with van der Waals surface area (Å²) >= 11 is 0. The Hall–Kier alpha value is -1.63. The van der Waals surface area contributed by atoms with Gasteiger partial charge in [-0.1, -0.05) is 147 Å². The number of rotatable bonds is 18. The molecule has 1 heterocycles. The van der Waals surface area contributed by atoms with E-state index >= 15 is 0 Å². The van der Waals surface area contributed by atoms with E-state index < -0.39 is 0 Å². The molecule has 1 heteroatoms. The molecular formula is C35H55N. The third-order valence-electron chi connectivity index (χ3n) is 8.67. The number of aryl methyl sites for hydroxylation is 2. The van der Waals surface area contributed by atoms with E-state index in [1.807, 2.05) is 0 Å². The molecule has 3 rings (SSSR count). The van der Waals surface area contributed by atoms with Gasteiger partial charge in [-0.3, -0.25) is 4.98 Å². The highest BCUT2D eigenvalue weighted by atomic mass is 14.7. The maximum Gasteiger partial charge on any atom is 0.0702 e. The van der Waals surface area contributed by atoms with E-state index in [-0.39, 0.29) is 0 Å². The fraction of sp³-hybridized carbons (Fsp3) is 0.686. The van der Waals surface area contributed by atoms with Crippen molar-refractivity contribution in [3.8, 4) is 11.3 Å². The zero-order chi connectivity index (χ0) is 25.3. The second kappa shape index (κ2) is 17.8. The number of unbranched alkanes of at least 4 members (excludes halogenated alkanes) is 10. The quantitative estimate of drug-likeness (QED) is 0.190. The van der Waals surface area contributed by atoms with Gasteiger partial charge in [0.15, 0.2) is 0 Å². The van der Waals surface area contributed by atoms with Crippen LogP contribution in [-0.2, 0) is 12.8 Å². The van der Waals surface area contributed by atoms with Crippen LogP contribution in [0.5, 0.6) is 0 Å². The molecule has 1 aromatic carbocycles. The van der Waals surface area contributed by atoms with Crippen molar-refractivity contribution in [2.45, 2.75) is 142 Å². The molecule has 2 aromatic rings.